The number of benzene rings is 2. The molecule has 0 unspecified atom stereocenters. The van der Waals surface area contributed by atoms with E-state index in [0.29, 0.717) is 16.5 Å². The third-order valence-electron chi connectivity index (χ3n) is 4.46. The highest BCUT2D eigenvalue weighted by molar-refractivity contribution is 6.04. The standard InChI is InChI=1S/C21H18N2O4/c24-18-12-16(15-8-4-5-9-17(15)23-18)21(26)27-19(13-6-2-1-3-7-13)20(25)22-14-10-11-14/h1-9,12,14,19H,10-11H2,(H,22,25)(H,23,24)/t19-/m0/s1. The topological polar surface area (TPSA) is 88.3 Å². The molecule has 1 aliphatic carbocycles. The molecular weight excluding hydrogens is 344 g/mol. The molecule has 6 heteroatoms. The Balaban J connectivity index is 1.68. The maximum Gasteiger partial charge on any atom is 0.340 e. The minimum absolute atomic E-state index is 0.134. The lowest BCUT2D eigenvalue weighted by molar-refractivity contribution is -0.130. The fourth-order valence-corrected chi connectivity index (χ4v) is 2.95. The van der Waals surface area contributed by atoms with Crippen molar-refractivity contribution in [1.29, 1.82) is 0 Å². The second kappa shape index (κ2) is 7.07. The van der Waals surface area contributed by atoms with Gasteiger partial charge in [0.05, 0.1) is 5.56 Å². The van der Waals surface area contributed by atoms with Crippen LogP contribution in [0.15, 0.2) is 65.5 Å². The van der Waals surface area contributed by atoms with Crippen molar-refractivity contribution < 1.29 is 14.3 Å². The third kappa shape index (κ3) is 3.74. The van der Waals surface area contributed by atoms with Crippen LogP contribution in [0.2, 0.25) is 0 Å². The summed E-state index contributed by atoms with van der Waals surface area (Å²) >= 11 is 0. The molecule has 0 spiro atoms. The predicted molar refractivity (Wildman–Crippen MR) is 100 cm³/mol. The lowest BCUT2D eigenvalue weighted by Gasteiger charge is -2.18. The lowest BCUT2D eigenvalue weighted by atomic mass is 10.1. The molecular formula is C21H18N2O4. The third-order valence-corrected chi connectivity index (χ3v) is 4.46. The van der Waals surface area contributed by atoms with Crippen molar-refractivity contribution in [2.75, 3.05) is 0 Å². The second-order valence-corrected chi connectivity index (χ2v) is 6.57. The van der Waals surface area contributed by atoms with Crippen molar-refractivity contribution >= 4 is 22.8 Å². The summed E-state index contributed by atoms with van der Waals surface area (Å²) in [5.41, 5.74) is 0.850. The van der Waals surface area contributed by atoms with Gasteiger partial charge in [-0.15, -0.1) is 0 Å². The van der Waals surface area contributed by atoms with Crippen molar-refractivity contribution in [2.45, 2.75) is 25.0 Å². The first kappa shape index (κ1) is 17.0. The Hall–Kier alpha value is -3.41. The number of H-pyrrole nitrogens is 1. The number of hydrogen-bond acceptors (Lipinski definition) is 4. The minimum Gasteiger partial charge on any atom is -0.444 e. The molecule has 1 amide bonds. The number of para-hydroxylation sites is 1. The van der Waals surface area contributed by atoms with Crippen LogP contribution in [0.3, 0.4) is 0 Å². The number of fused-ring (bicyclic) bond motifs is 1. The van der Waals surface area contributed by atoms with Crippen molar-refractivity contribution in [3.63, 3.8) is 0 Å². The number of aromatic amines is 1. The van der Waals surface area contributed by atoms with Gasteiger partial charge in [0.15, 0.2) is 0 Å². The number of pyridine rings is 1. The number of rotatable bonds is 5. The van der Waals surface area contributed by atoms with E-state index in [4.69, 9.17) is 4.74 Å². The number of ether oxygens (including phenoxy) is 1. The summed E-state index contributed by atoms with van der Waals surface area (Å²) < 4.78 is 5.57. The first-order valence-electron chi connectivity index (χ1n) is 8.80. The van der Waals surface area contributed by atoms with Gasteiger partial charge in [0.25, 0.3) is 5.91 Å². The molecule has 1 fully saturated rings. The predicted octanol–water partition coefficient (Wildman–Crippen LogP) is 2.70. The van der Waals surface area contributed by atoms with E-state index in [9.17, 15) is 14.4 Å². The lowest BCUT2D eigenvalue weighted by Crippen LogP contribution is -2.33. The molecule has 0 aliphatic heterocycles. The largest absolute Gasteiger partial charge is 0.444 e. The van der Waals surface area contributed by atoms with E-state index < -0.39 is 17.6 Å². The molecule has 1 aromatic heterocycles. The average Bonchev–Trinajstić information content (AvgIpc) is 3.49. The molecule has 3 aromatic rings. The molecule has 1 atom stereocenters. The smallest absolute Gasteiger partial charge is 0.340 e. The highest BCUT2D eigenvalue weighted by Gasteiger charge is 2.31. The van der Waals surface area contributed by atoms with Gasteiger partial charge in [-0.1, -0.05) is 48.5 Å². The van der Waals surface area contributed by atoms with Crippen molar-refractivity contribution in [1.82, 2.24) is 10.3 Å². The van der Waals surface area contributed by atoms with Crippen LogP contribution in [0.4, 0.5) is 0 Å². The Labute approximate surface area is 155 Å². The van der Waals surface area contributed by atoms with Crippen LogP contribution in [-0.2, 0) is 9.53 Å². The summed E-state index contributed by atoms with van der Waals surface area (Å²) in [6, 6.07) is 17.2. The molecule has 0 bridgehead atoms. The summed E-state index contributed by atoms with van der Waals surface area (Å²) in [4.78, 5) is 40.1. The van der Waals surface area contributed by atoms with Crippen LogP contribution in [0.25, 0.3) is 10.9 Å². The SMILES string of the molecule is O=C(O[C@H](C(=O)NC1CC1)c1ccccc1)c1cc(=O)[nH]c2ccccc12. The molecule has 4 rings (SSSR count). The Bertz CT molecular complexity index is 1050. The zero-order valence-electron chi connectivity index (χ0n) is 14.5. The van der Waals surface area contributed by atoms with E-state index in [-0.39, 0.29) is 17.5 Å². The van der Waals surface area contributed by atoms with Crippen LogP contribution in [0.5, 0.6) is 0 Å². The number of esters is 1. The fraction of sp³-hybridized carbons (Fsp3) is 0.190. The van der Waals surface area contributed by atoms with Gasteiger partial charge in [0.1, 0.15) is 0 Å². The van der Waals surface area contributed by atoms with Gasteiger partial charge in [0, 0.05) is 28.6 Å². The van der Waals surface area contributed by atoms with E-state index in [0.717, 1.165) is 12.8 Å². The molecule has 6 nitrogen and oxygen atoms in total. The normalized spacial score (nSPS) is 14.5. The average molecular weight is 362 g/mol. The molecule has 0 radical (unpaired) electrons. The van der Waals surface area contributed by atoms with Crippen LogP contribution in [0, 0.1) is 0 Å². The van der Waals surface area contributed by atoms with Gasteiger partial charge in [0.2, 0.25) is 11.7 Å². The summed E-state index contributed by atoms with van der Waals surface area (Å²) in [5.74, 6) is -1.07. The van der Waals surface area contributed by atoms with Crippen LogP contribution >= 0.6 is 0 Å². The van der Waals surface area contributed by atoms with Crippen LogP contribution in [0.1, 0.15) is 34.9 Å². The second-order valence-electron chi connectivity index (χ2n) is 6.57. The van der Waals surface area contributed by atoms with Gasteiger partial charge in [-0.25, -0.2) is 4.79 Å². The molecule has 2 aromatic carbocycles. The number of aromatic nitrogens is 1. The van der Waals surface area contributed by atoms with Crippen LogP contribution < -0.4 is 10.9 Å². The van der Waals surface area contributed by atoms with E-state index in [2.05, 4.69) is 10.3 Å². The van der Waals surface area contributed by atoms with E-state index in [1.165, 1.54) is 6.07 Å². The monoisotopic (exact) mass is 362 g/mol. The van der Waals surface area contributed by atoms with Gasteiger partial charge < -0.3 is 15.0 Å². The molecule has 0 saturated heterocycles. The zero-order chi connectivity index (χ0) is 18.8. The molecule has 1 aliphatic rings. The van der Waals surface area contributed by atoms with Crippen LogP contribution in [-0.4, -0.2) is 22.9 Å². The van der Waals surface area contributed by atoms with Gasteiger partial charge in [-0.3, -0.25) is 9.59 Å². The Morgan fingerprint density at radius 1 is 1.04 bits per heavy atom. The summed E-state index contributed by atoms with van der Waals surface area (Å²) in [5, 5.41) is 3.44. The zero-order valence-corrected chi connectivity index (χ0v) is 14.5. The van der Waals surface area contributed by atoms with E-state index in [1.807, 2.05) is 6.07 Å². The molecule has 27 heavy (non-hydrogen) atoms. The number of hydrogen-bond donors (Lipinski definition) is 2. The Morgan fingerprint density at radius 3 is 2.48 bits per heavy atom. The summed E-state index contributed by atoms with van der Waals surface area (Å²) in [6.45, 7) is 0. The number of carbonyl (C=O) groups excluding carboxylic acids is 2. The molecule has 1 heterocycles. The highest BCUT2D eigenvalue weighted by Crippen LogP contribution is 2.25. The quantitative estimate of drug-likeness (QED) is 0.683. The van der Waals surface area contributed by atoms with Crippen molar-refractivity contribution in [2.24, 2.45) is 0 Å². The maximum absolute atomic E-state index is 12.8. The summed E-state index contributed by atoms with van der Waals surface area (Å²) in [6.07, 6.45) is 0.789. The number of nitrogens with one attached hydrogen (secondary N) is 2. The van der Waals surface area contributed by atoms with Gasteiger partial charge >= 0.3 is 5.97 Å². The number of amides is 1. The molecule has 2 N–H and O–H groups in total. The minimum atomic E-state index is -1.07. The molecule has 1 saturated carbocycles. The summed E-state index contributed by atoms with van der Waals surface area (Å²) in [7, 11) is 0. The first-order chi connectivity index (χ1) is 13.1. The molecule has 136 valence electrons. The van der Waals surface area contributed by atoms with Gasteiger partial charge in [-0.2, -0.15) is 0 Å². The Kier molecular flexibility index (Phi) is 4.46. The highest BCUT2D eigenvalue weighted by atomic mass is 16.5. The van der Waals surface area contributed by atoms with Gasteiger partial charge in [-0.05, 0) is 18.9 Å². The number of carbonyl (C=O) groups is 2. The van der Waals surface area contributed by atoms with E-state index in [1.54, 1.807) is 48.5 Å². The van der Waals surface area contributed by atoms with E-state index >= 15 is 0 Å². The maximum atomic E-state index is 12.8. The Morgan fingerprint density at radius 2 is 1.74 bits per heavy atom. The first-order valence-corrected chi connectivity index (χ1v) is 8.80. The van der Waals surface area contributed by atoms with Crippen molar-refractivity contribution in [3.8, 4) is 0 Å². The fourth-order valence-electron chi connectivity index (χ4n) is 2.95. The van der Waals surface area contributed by atoms with Crippen molar-refractivity contribution in [3.05, 3.63) is 82.1 Å².